The van der Waals surface area contributed by atoms with E-state index in [0.717, 1.165) is 19.5 Å². The van der Waals surface area contributed by atoms with Gasteiger partial charge in [-0.2, -0.15) is 0 Å². The molecule has 0 unspecified atom stereocenters. The first kappa shape index (κ1) is 9.52. The fraction of sp³-hybridized carbons (Fsp3) is 0.889. The van der Waals surface area contributed by atoms with Crippen molar-refractivity contribution < 1.29 is 4.79 Å². The van der Waals surface area contributed by atoms with Gasteiger partial charge in [0.25, 0.3) is 0 Å². The monoisotopic (exact) mass is 170 g/mol. The Hall–Kier alpha value is -0.570. The summed E-state index contributed by atoms with van der Waals surface area (Å²) in [6.45, 7) is 3.96. The van der Waals surface area contributed by atoms with E-state index in [1.165, 1.54) is 19.3 Å². The molecule has 1 N–H and O–H groups in total. The van der Waals surface area contributed by atoms with E-state index < -0.39 is 0 Å². The zero-order chi connectivity index (χ0) is 9.03. The molecule has 1 rings (SSSR count). The number of hydrogen-bond acceptors (Lipinski definition) is 2. The van der Waals surface area contributed by atoms with Crippen LogP contribution in [0.2, 0.25) is 0 Å². The van der Waals surface area contributed by atoms with E-state index in [1.807, 2.05) is 7.05 Å². The third-order valence-corrected chi connectivity index (χ3v) is 2.59. The van der Waals surface area contributed by atoms with Gasteiger partial charge in [0.05, 0.1) is 0 Å². The van der Waals surface area contributed by atoms with Gasteiger partial charge in [0, 0.05) is 19.1 Å². The van der Waals surface area contributed by atoms with Crippen LogP contribution in [-0.4, -0.2) is 37.0 Å². The highest BCUT2D eigenvalue weighted by Crippen LogP contribution is 2.31. The summed E-state index contributed by atoms with van der Waals surface area (Å²) < 4.78 is 0. The molecule has 1 saturated carbocycles. The van der Waals surface area contributed by atoms with Crippen LogP contribution in [0.4, 0.5) is 0 Å². The van der Waals surface area contributed by atoms with Crippen LogP contribution in [0.3, 0.4) is 0 Å². The Kier molecular flexibility index (Phi) is 3.09. The molecule has 3 nitrogen and oxygen atoms in total. The average Bonchev–Trinajstić information content (AvgIpc) is 2.00. The van der Waals surface area contributed by atoms with Crippen LogP contribution in [0.1, 0.15) is 26.2 Å². The Labute approximate surface area is 74.1 Å². The Morgan fingerprint density at radius 1 is 1.58 bits per heavy atom. The molecule has 1 aliphatic carbocycles. The fourth-order valence-corrected chi connectivity index (χ4v) is 1.88. The third-order valence-electron chi connectivity index (χ3n) is 2.59. The van der Waals surface area contributed by atoms with Crippen LogP contribution in [0.5, 0.6) is 0 Å². The zero-order valence-electron chi connectivity index (χ0n) is 7.97. The second-order valence-corrected chi connectivity index (χ2v) is 3.68. The number of nitrogens with one attached hydrogen (secondary N) is 1. The molecule has 1 amide bonds. The van der Waals surface area contributed by atoms with Gasteiger partial charge in [-0.25, -0.2) is 0 Å². The lowest BCUT2D eigenvalue weighted by Crippen LogP contribution is -2.57. The number of likely N-dealkylation sites (N-methyl/N-ethyl adjacent to an activating group) is 2. The van der Waals surface area contributed by atoms with Crippen molar-refractivity contribution >= 4 is 6.41 Å². The van der Waals surface area contributed by atoms with Gasteiger partial charge in [-0.3, -0.25) is 4.79 Å². The largest absolute Gasteiger partial charge is 0.346 e. The van der Waals surface area contributed by atoms with Crippen molar-refractivity contribution in [3.63, 3.8) is 0 Å². The summed E-state index contributed by atoms with van der Waals surface area (Å²) in [5, 5.41) is 3.46. The molecule has 0 bridgehead atoms. The summed E-state index contributed by atoms with van der Waals surface area (Å²) in [5.74, 6) is 0. The van der Waals surface area contributed by atoms with Crippen LogP contribution in [-0.2, 0) is 4.79 Å². The summed E-state index contributed by atoms with van der Waals surface area (Å²) >= 11 is 0. The summed E-state index contributed by atoms with van der Waals surface area (Å²) in [6, 6.07) is 0. The number of amides is 1. The van der Waals surface area contributed by atoms with Crippen LogP contribution in [0, 0.1) is 0 Å². The second kappa shape index (κ2) is 3.90. The molecule has 0 saturated heterocycles. The Morgan fingerprint density at radius 2 is 2.25 bits per heavy atom. The Balaban J connectivity index is 2.38. The van der Waals surface area contributed by atoms with Gasteiger partial charge in [0.2, 0.25) is 6.41 Å². The normalized spacial score (nSPS) is 19.8. The molecule has 0 heterocycles. The van der Waals surface area contributed by atoms with Crippen molar-refractivity contribution in [2.75, 3.05) is 20.1 Å². The smallest absolute Gasteiger partial charge is 0.209 e. The molecule has 0 aromatic rings. The van der Waals surface area contributed by atoms with E-state index in [9.17, 15) is 4.79 Å². The Morgan fingerprint density at radius 3 is 2.58 bits per heavy atom. The SMILES string of the molecule is CCNC1(CN(C)C=O)CCC1. The maximum atomic E-state index is 10.4. The number of carbonyl (C=O) groups excluding carboxylic acids is 1. The first-order valence-corrected chi connectivity index (χ1v) is 4.63. The van der Waals surface area contributed by atoms with E-state index in [-0.39, 0.29) is 5.54 Å². The van der Waals surface area contributed by atoms with Crippen molar-refractivity contribution in [1.82, 2.24) is 10.2 Å². The molecule has 1 fully saturated rings. The van der Waals surface area contributed by atoms with Gasteiger partial charge in [0.1, 0.15) is 0 Å². The molecular weight excluding hydrogens is 152 g/mol. The van der Waals surface area contributed by atoms with Crippen molar-refractivity contribution in [2.45, 2.75) is 31.7 Å². The summed E-state index contributed by atoms with van der Waals surface area (Å²) in [6.07, 6.45) is 4.61. The minimum Gasteiger partial charge on any atom is -0.346 e. The maximum Gasteiger partial charge on any atom is 0.209 e. The van der Waals surface area contributed by atoms with E-state index in [2.05, 4.69) is 12.2 Å². The Bertz CT molecular complexity index is 155. The predicted molar refractivity (Wildman–Crippen MR) is 49.0 cm³/mol. The van der Waals surface area contributed by atoms with Gasteiger partial charge in [-0.05, 0) is 25.8 Å². The third kappa shape index (κ3) is 1.97. The first-order valence-electron chi connectivity index (χ1n) is 4.63. The minimum absolute atomic E-state index is 0.240. The highest BCUT2D eigenvalue weighted by molar-refractivity contribution is 5.46. The molecule has 0 radical (unpaired) electrons. The van der Waals surface area contributed by atoms with Crippen molar-refractivity contribution in [2.24, 2.45) is 0 Å². The van der Waals surface area contributed by atoms with E-state index in [0.29, 0.717) is 0 Å². The first-order chi connectivity index (χ1) is 5.72. The average molecular weight is 170 g/mol. The van der Waals surface area contributed by atoms with Crippen molar-refractivity contribution in [1.29, 1.82) is 0 Å². The molecule has 0 atom stereocenters. The summed E-state index contributed by atoms with van der Waals surface area (Å²) in [4.78, 5) is 12.1. The van der Waals surface area contributed by atoms with Crippen LogP contribution in [0.15, 0.2) is 0 Å². The quantitative estimate of drug-likeness (QED) is 0.613. The van der Waals surface area contributed by atoms with Gasteiger partial charge in [-0.15, -0.1) is 0 Å². The fourth-order valence-electron chi connectivity index (χ4n) is 1.88. The molecule has 1 aliphatic rings. The van der Waals surface area contributed by atoms with Crippen molar-refractivity contribution in [3.05, 3.63) is 0 Å². The molecule has 12 heavy (non-hydrogen) atoms. The van der Waals surface area contributed by atoms with E-state index in [4.69, 9.17) is 0 Å². The maximum absolute atomic E-state index is 10.4. The molecule has 0 aromatic carbocycles. The van der Waals surface area contributed by atoms with E-state index >= 15 is 0 Å². The summed E-state index contributed by atoms with van der Waals surface area (Å²) in [5.41, 5.74) is 0.240. The zero-order valence-corrected chi connectivity index (χ0v) is 7.97. The lowest BCUT2D eigenvalue weighted by atomic mass is 9.76. The number of hydrogen-bond donors (Lipinski definition) is 1. The van der Waals surface area contributed by atoms with Gasteiger partial charge in [-0.1, -0.05) is 6.92 Å². The van der Waals surface area contributed by atoms with Gasteiger partial charge >= 0.3 is 0 Å². The highest BCUT2D eigenvalue weighted by atomic mass is 16.1. The lowest BCUT2D eigenvalue weighted by molar-refractivity contribution is -0.118. The molecule has 0 aliphatic heterocycles. The molecular formula is C9H18N2O. The summed E-state index contributed by atoms with van der Waals surface area (Å²) in [7, 11) is 1.84. The lowest BCUT2D eigenvalue weighted by Gasteiger charge is -2.44. The molecule has 0 spiro atoms. The van der Waals surface area contributed by atoms with Crippen LogP contribution >= 0.6 is 0 Å². The van der Waals surface area contributed by atoms with Gasteiger partial charge in [0.15, 0.2) is 0 Å². The van der Waals surface area contributed by atoms with Crippen LogP contribution in [0.25, 0.3) is 0 Å². The number of nitrogens with zero attached hydrogens (tertiary/aromatic N) is 1. The molecule has 70 valence electrons. The standard InChI is InChI=1S/C9H18N2O/c1-3-10-9(5-4-6-9)7-11(2)8-12/h8,10H,3-7H2,1-2H3. The highest BCUT2D eigenvalue weighted by Gasteiger charge is 2.36. The van der Waals surface area contributed by atoms with Crippen molar-refractivity contribution in [3.8, 4) is 0 Å². The minimum atomic E-state index is 0.240. The van der Waals surface area contributed by atoms with Crippen LogP contribution < -0.4 is 5.32 Å². The van der Waals surface area contributed by atoms with Gasteiger partial charge < -0.3 is 10.2 Å². The molecule has 3 heteroatoms. The number of rotatable bonds is 5. The number of carbonyl (C=O) groups is 1. The predicted octanol–water partition coefficient (Wildman–Crippen LogP) is 0.607. The second-order valence-electron chi connectivity index (χ2n) is 3.68. The molecule has 0 aromatic heterocycles. The topological polar surface area (TPSA) is 32.3 Å². The van der Waals surface area contributed by atoms with E-state index in [1.54, 1.807) is 4.90 Å².